The van der Waals surface area contributed by atoms with Crippen LogP contribution in [-0.2, 0) is 0 Å². The molecule has 0 aliphatic carbocycles. The van der Waals surface area contributed by atoms with Gasteiger partial charge in [0.05, 0.1) is 6.07 Å². The molecule has 1 aromatic carbocycles. The van der Waals surface area contributed by atoms with Crippen LogP contribution in [0.2, 0.25) is 0 Å². The van der Waals surface area contributed by atoms with Gasteiger partial charge in [-0.1, -0.05) is 32.6 Å². The molecule has 0 aliphatic heterocycles. The molecule has 2 N–H and O–H groups in total. The van der Waals surface area contributed by atoms with Crippen LogP contribution in [0.4, 0.5) is 5.69 Å². The van der Waals surface area contributed by atoms with Gasteiger partial charge in [-0.25, -0.2) is 0 Å². The monoisotopic (exact) mass is 293 g/mol. The van der Waals surface area contributed by atoms with E-state index in [1.165, 1.54) is 0 Å². The molecule has 2 rings (SSSR count). The second kappa shape index (κ2) is 7.90. The first-order valence-electron chi connectivity index (χ1n) is 7.34. The van der Waals surface area contributed by atoms with Crippen molar-refractivity contribution >= 4 is 17.5 Å². The largest absolute Gasteiger partial charge is 0.399 e. The summed E-state index contributed by atoms with van der Waals surface area (Å²) in [7, 11) is 0. The Morgan fingerprint density at radius 1 is 1.18 bits per heavy atom. The normalized spacial score (nSPS) is 10.4. The zero-order valence-corrected chi connectivity index (χ0v) is 13.7. The first kappa shape index (κ1) is 17.3. The summed E-state index contributed by atoms with van der Waals surface area (Å²) in [4.78, 5) is 0. The van der Waals surface area contributed by atoms with E-state index in [-0.39, 0.29) is 0 Å². The van der Waals surface area contributed by atoms with Gasteiger partial charge in [0.1, 0.15) is 0 Å². The number of nitriles is 1. The SMILES string of the molecule is C=C(C)n1cc(-c2ccc(N)cc2)cc1/C=C(\C)C#N.CC. The molecule has 3 heteroatoms. The summed E-state index contributed by atoms with van der Waals surface area (Å²) in [6, 6.07) is 11.9. The zero-order valence-electron chi connectivity index (χ0n) is 13.7. The van der Waals surface area contributed by atoms with E-state index in [1.807, 2.05) is 67.9 Å². The number of hydrogen-bond acceptors (Lipinski definition) is 2. The first-order chi connectivity index (χ1) is 10.5. The van der Waals surface area contributed by atoms with Gasteiger partial charge in [0.25, 0.3) is 0 Å². The predicted molar refractivity (Wildman–Crippen MR) is 95.9 cm³/mol. The molecule has 2 aromatic rings. The Kier molecular flexibility index (Phi) is 6.22. The van der Waals surface area contributed by atoms with E-state index in [0.29, 0.717) is 5.57 Å². The highest BCUT2D eigenvalue weighted by atomic mass is 15.0. The fourth-order valence-electron chi connectivity index (χ4n) is 2.01. The number of aromatic nitrogens is 1. The zero-order chi connectivity index (χ0) is 16.7. The van der Waals surface area contributed by atoms with Crippen LogP contribution in [0.15, 0.2) is 48.7 Å². The predicted octanol–water partition coefficient (Wildman–Crippen LogP) is 5.18. The van der Waals surface area contributed by atoms with Crippen molar-refractivity contribution in [2.45, 2.75) is 27.7 Å². The third kappa shape index (κ3) is 4.13. The number of anilines is 1. The van der Waals surface area contributed by atoms with Gasteiger partial charge in [-0.15, -0.1) is 0 Å². The Labute approximate surface area is 133 Å². The van der Waals surface area contributed by atoms with Crippen LogP contribution in [-0.4, -0.2) is 4.57 Å². The van der Waals surface area contributed by atoms with Gasteiger partial charge in [0.15, 0.2) is 0 Å². The van der Waals surface area contributed by atoms with Gasteiger partial charge >= 0.3 is 0 Å². The summed E-state index contributed by atoms with van der Waals surface area (Å²) in [6.07, 6.45) is 3.87. The summed E-state index contributed by atoms with van der Waals surface area (Å²) in [6.45, 7) is 11.7. The molecular weight excluding hydrogens is 270 g/mol. The standard InChI is InChI=1S/C17H17N3.C2H6/c1-12(2)20-11-15(9-17(20)8-13(3)10-18)14-4-6-16(19)7-5-14;1-2/h4-9,11H,1,19H2,2-3H3;1-2H3/b13-8+;. The molecule has 1 heterocycles. The van der Waals surface area contributed by atoms with E-state index < -0.39 is 0 Å². The summed E-state index contributed by atoms with van der Waals surface area (Å²) in [5.74, 6) is 0. The van der Waals surface area contributed by atoms with Gasteiger partial charge in [-0.3, -0.25) is 0 Å². The minimum absolute atomic E-state index is 0.662. The van der Waals surface area contributed by atoms with Gasteiger partial charge in [-0.2, -0.15) is 5.26 Å². The first-order valence-corrected chi connectivity index (χ1v) is 7.34. The highest BCUT2D eigenvalue weighted by Gasteiger charge is 2.07. The number of nitrogen functional groups attached to an aromatic ring is 1. The number of nitrogens with two attached hydrogens (primary N) is 1. The lowest BCUT2D eigenvalue weighted by Crippen LogP contribution is -1.92. The van der Waals surface area contributed by atoms with E-state index in [9.17, 15) is 0 Å². The van der Waals surface area contributed by atoms with E-state index in [4.69, 9.17) is 11.0 Å². The summed E-state index contributed by atoms with van der Waals surface area (Å²) < 4.78 is 1.98. The highest BCUT2D eigenvalue weighted by molar-refractivity contribution is 5.71. The molecule has 0 amide bonds. The molecule has 0 unspecified atom stereocenters. The van der Waals surface area contributed by atoms with Crippen LogP contribution in [0, 0.1) is 11.3 Å². The lowest BCUT2D eigenvalue weighted by molar-refractivity contribution is 1.09. The van der Waals surface area contributed by atoms with Crippen LogP contribution in [0.1, 0.15) is 33.4 Å². The smallest absolute Gasteiger partial charge is 0.0944 e. The number of hydrogen-bond donors (Lipinski definition) is 1. The van der Waals surface area contributed by atoms with E-state index in [0.717, 1.165) is 28.2 Å². The van der Waals surface area contributed by atoms with Crippen molar-refractivity contribution < 1.29 is 0 Å². The van der Waals surface area contributed by atoms with Crippen LogP contribution in [0.25, 0.3) is 22.9 Å². The lowest BCUT2D eigenvalue weighted by atomic mass is 10.1. The van der Waals surface area contributed by atoms with E-state index in [1.54, 1.807) is 6.92 Å². The maximum Gasteiger partial charge on any atom is 0.0944 e. The van der Waals surface area contributed by atoms with Gasteiger partial charge in [0, 0.05) is 34.4 Å². The quantitative estimate of drug-likeness (QED) is 0.626. The van der Waals surface area contributed by atoms with Crippen LogP contribution < -0.4 is 5.73 Å². The third-order valence-electron chi connectivity index (χ3n) is 3.05. The van der Waals surface area contributed by atoms with Crippen molar-refractivity contribution in [3.63, 3.8) is 0 Å². The second-order valence-corrected chi connectivity index (χ2v) is 4.82. The molecule has 0 saturated carbocycles. The molecular formula is C19H23N3. The number of rotatable bonds is 3. The average molecular weight is 293 g/mol. The molecule has 1 aromatic heterocycles. The minimum Gasteiger partial charge on any atom is -0.399 e. The molecule has 114 valence electrons. The molecule has 0 atom stereocenters. The van der Waals surface area contributed by atoms with Gasteiger partial charge in [-0.05, 0) is 43.7 Å². The second-order valence-electron chi connectivity index (χ2n) is 4.82. The van der Waals surface area contributed by atoms with Crippen molar-refractivity contribution in [2.24, 2.45) is 0 Å². The molecule has 0 fully saturated rings. The van der Waals surface area contributed by atoms with Gasteiger partial charge < -0.3 is 10.3 Å². The highest BCUT2D eigenvalue weighted by Crippen LogP contribution is 2.26. The summed E-state index contributed by atoms with van der Waals surface area (Å²) in [5.41, 5.74) is 11.1. The number of allylic oxidation sites excluding steroid dienone is 2. The molecule has 0 aliphatic rings. The van der Waals surface area contributed by atoms with E-state index >= 15 is 0 Å². The van der Waals surface area contributed by atoms with Crippen LogP contribution in [0.3, 0.4) is 0 Å². The van der Waals surface area contributed by atoms with Crippen molar-refractivity contribution in [1.29, 1.82) is 5.26 Å². The summed E-state index contributed by atoms with van der Waals surface area (Å²) in [5, 5.41) is 8.92. The van der Waals surface area contributed by atoms with Gasteiger partial charge in [0.2, 0.25) is 0 Å². The van der Waals surface area contributed by atoms with E-state index in [2.05, 4.69) is 12.6 Å². The van der Waals surface area contributed by atoms with Crippen LogP contribution in [0.5, 0.6) is 0 Å². The Bertz CT molecular complexity index is 710. The number of nitrogens with zero attached hydrogens (tertiary/aromatic N) is 2. The van der Waals surface area contributed by atoms with Crippen molar-refractivity contribution in [1.82, 2.24) is 4.57 Å². The molecule has 0 spiro atoms. The molecule has 0 bridgehead atoms. The maximum absolute atomic E-state index is 8.92. The fourth-order valence-corrected chi connectivity index (χ4v) is 2.01. The third-order valence-corrected chi connectivity index (χ3v) is 3.05. The molecule has 0 radical (unpaired) electrons. The molecule has 0 saturated heterocycles. The Morgan fingerprint density at radius 3 is 2.27 bits per heavy atom. The molecule has 22 heavy (non-hydrogen) atoms. The minimum atomic E-state index is 0.662. The molecule has 3 nitrogen and oxygen atoms in total. The maximum atomic E-state index is 8.92. The summed E-state index contributed by atoms with van der Waals surface area (Å²) >= 11 is 0. The fraction of sp³-hybridized carbons (Fsp3) is 0.211. The Hall–Kier alpha value is -2.73. The lowest BCUT2D eigenvalue weighted by Gasteiger charge is -2.04. The Morgan fingerprint density at radius 2 is 1.77 bits per heavy atom. The average Bonchev–Trinajstić information content (AvgIpc) is 2.94. The van der Waals surface area contributed by atoms with Crippen molar-refractivity contribution in [3.05, 3.63) is 54.4 Å². The number of benzene rings is 1. The van der Waals surface area contributed by atoms with Crippen molar-refractivity contribution in [2.75, 3.05) is 5.73 Å². The van der Waals surface area contributed by atoms with Crippen LogP contribution >= 0.6 is 0 Å². The van der Waals surface area contributed by atoms with Crippen molar-refractivity contribution in [3.8, 4) is 17.2 Å². The Balaban J connectivity index is 0.00000116. The topological polar surface area (TPSA) is 54.7 Å².